The van der Waals surface area contributed by atoms with Crippen LogP contribution in [0.1, 0.15) is 15.9 Å². The van der Waals surface area contributed by atoms with Crippen LogP contribution in [-0.2, 0) is 11.2 Å². The lowest BCUT2D eigenvalue weighted by Crippen LogP contribution is -2.17. The molecule has 5 nitrogen and oxygen atoms in total. The van der Waals surface area contributed by atoms with Gasteiger partial charge in [-0.15, -0.1) is 0 Å². The summed E-state index contributed by atoms with van der Waals surface area (Å²) >= 11 is 0. The fourth-order valence-electron chi connectivity index (χ4n) is 2.49. The largest absolute Gasteiger partial charge is 0.366 e. The van der Waals surface area contributed by atoms with Crippen molar-refractivity contribution in [2.75, 3.05) is 5.32 Å². The Balaban J connectivity index is 1.67. The second-order valence-corrected chi connectivity index (χ2v) is 5.48. The van der Waals surface area contributed by atoms with E-state index in [9.17, 15) is 14.0 Å². The first-order valence-corrected chi connectivity index (χ1v) is 7.60. The third-order valence-corrected chi connectivity index (χ3v) is 3.70. The molecule has 0 spiro atoms. The summed E-state index contributed by atoms with van der Waals surface area (Å²) < 4.78 is 13.2. The van der Waals surface area contributed by atoms with E-state index in [0.717, 1.165) is 17.0 Å². The van der Waals surface area contributed by atoms with Gasteiger partial charge in [-0.25, -0.2) is 4.39 Å². The van der Waals surface area contributed by atoms with Crippen molar-refractivity contribution < 1.29 is 14.0 Å². The average Bonchev–Trinajstić information content (AvgIpc) is 2.60. The van der Waals surface area contributed by atoms with Crippen LogP contribution in [0.15, 0.2) is 54.7 Å². The minimum Gasteiger partial charge on any atom is -0.366 e. The number of nitrogens with zero attached hydrogens (tertiary/aromatic N) is 1. The van der Waals surface area contributed by atoms with Gasteiger partial charge in [-0.2, -0.15) is 0 Å². The third kappa shape index (κ3) is 3.98. The maximum absolute atomic E-state index is 13.2. The number of amides is 2. The zero-order valence-electron chi connectivity index (χ0n) is 13.2. The summed E-state index contributed by atoms with van der Waals surface area (Å²) in [5.41, 5.74) is 7.19. The molecule has 0 aliphatic carbocycles. The van der Waals surface area contributed by atoms with E-state index in [0.29, 0.717) is 11.3 Å². The standard InChI is InChI=1S/C19H15FN3O2/c20-14-7-5-12(16(10-14)19(21)25)6-8-18(24)23-15-9-13-3-1-2-4-17(13)22-11-15/h1-5,7-11H,6H2,(H2,21,25)(H,23,24). The molecular formula is C19H15FN3O2. The van der Waals surface area contributed by atoms with Crippen LogP contribution in [0.3, 0.4) is 0 Å². The van der Waals surface area contributed by atoms with Crippen LogP contribution in [0, 0.1) is 12.2 Å². The van der Waals surface area contributed by atoms with E-state index in [1.165, 1.54) is 18.6 Å². The highest BCUT2D eigenvalue weighted by Crippen LogP contribution is 2.17. The fourth-order valence-corrected chi connectivity index (χ4v) is 2.49. The van der Waals surface area contributed by atoms with Crippen molar-refractivity contribution in [2.45, 2.75) is 6.42 Å². The number of carbonyl (C=O) groups excluding carboxylic acids is 2. The SMILES string of the molecule is NC(=O)c1cc(F)ccc1C[CH]C(=O)Nc1cnc2ccccc2c1. The van der Waals surface area contributed by atoms with Crippen molar-refractivity contribution >= 4 is 28.4 Å². The van der Waals surface area contributed by atoms with E-state index in [2.05, 4.69) is 10.3 Å². The van der Waals surface area contributed by atoms with Gasteiger partial charge in [0, 0.05) is 10.9 Å². The topological polar surface area (TPSA) is 85.1 Å². The van der Waals surface area contributed by atoms with Crippen molar-refractivity contribution in [1.29, 1.82) is 0 Å². The normalized spacial score (nSPS) is 10.6. The number of hydrogen-bond donors (Lipinski definition) is 2. The Morgan fingerprint density at radius 2 is 1.96 bits per heavy atom. The lowest BCUT2D eigenvalue weighted by atomic mass is 10.0. The van der Waals surface area contributed by atoms with Gasteiger partial charge in [0.25, 0.3) is 0 Å². The Kier molecular flexibility index (Phi) is 4.70. The van der Waals surface area contributed by atoms with Crippen molar-refractivity contribution in [3.8, 4) is 0 Å². The Morgan fingerprint density at radius 1 is 1.16 bits per heavy atom. The minimum atomic E-state index is -0.734. The molecule has 3 rings (SSSR count). The lowest BCUT2D eigenvalue weighted by Gasteiger charge is -2.08. The smallest absolute Gasteiger partial charge is 0.249 e. The molecule has 0 atom stereocenters. The van der Waals surface area contributed by atoms with Crippen LogP contribution in [0.5, 0.6) is 0 Å². The molecule has 1 aromatic heterocycles. The molecule has 1 radical (unpaired) electrons. The van der Waals surface area contributed by atoms with Crippen LogP contribution in [0.4, 0.5) is 10.1 Å². The number of hydrogen-bond acceptors (Lipinski definition) is 3. The van der Waals surface area contributed by atoms with E-state index >= 15 is 0 Å². The molecule has 1 heterocycles. The van der Waals surface area contributed by atoms with Crippen LogP contribution in [0.25, 0.3) is 10.9 Å². The summed E-state index contributed by atoms with van der Waals surface area (Å²) in [7, 11) is 0. The van der Waals surface area contributed by atoms with E-state index in [1.807, 2.05) is 30.3 Å². The second kappa shape index (κ2) is 7.09. The van der Waals surface area contributed by atoms with E-state index in [1.54, 1.807) is 6.20 Å². The Bertz CT molecular complexity index is 956. The van der Waals surface area contributed by atoms with E-state index in [4.69, 9.17) is 5.73 Å². The monoisotopic (exact) mass is 336 g/mol. The van der Waals surface area contributed by atoms with Crippen LogP contribution >= 0.6 is 0 Å². The summed E-state index contributed by atoms with van der Waals surface area (Å²) in [6.45, 7) is 0. The van der Waals surface area contributed by atoms with Gasteiger partial charge < -0.3 is 11.1 Å². The molecule has 0 saturated carbocycles. The Labute approximate surface area is 143 Å². The van der Waals surface area contributed by atoms with Gasteiger partial charge in [0.1, 0.15) is 5.82 Å². The molecule has 125 valence electrons. The molecular weight excluding hydrogens is 321 g/mol. The molecule has 3 aromatic rings. The number of para-hydroxylation sites is 1. The number of rotatable bonds is 5. The van der Waals surface area contributed by atoms with Crippen molar-refractivity contribution in [3.05, 3.63) is 78.1 Å². The van der Waals surface area contributed by atoms with Crippen LogP contribution in [-0.4, -0.2) is 16.8 Å². The number of pyridine rings is 1. The summed E-state index contributed by atoms with van der Waals surface area (Å²) in [4.78, 5) is 27.7. The van der Waals surface area contributed by atoms with Crippen molar-refractivity contribution in [1.82, 2.24) is 4.98 Å². The number of primary amides is 1. The molecule has 0 unspecified atom stereocenters. The predicted molar refractivity (Wildman–Crippen MR) is 93.3 cm³/mol. The summed E-state index contributed by atoms with van der Waals surface area (Å²) in [6, 6.07) is 13.1. The van der Waals surface area contributed by atoms with Gasteiger partial charge >= 0.3 is 0 Å². The lowest BCUT2D eigenvalue weighted by molar-refractivity contribution is -0.113. The van der Waals surface area contributed by atoms with E-state index in [-0.39, 0.29) is 17.9 Å². The molecule has 0 aliphatic rings. The molecule has 0 saturated heterocycles. The third-order valence-electron chi connectivity index (χ3n) is 3.70. The van der Waals surface area contributed by atoms with Gasteiger partial charge in [-0.05, 0) is 36.2 Å². The van der Waals surface area contributed by atoms with Gasteiger partial charge in [0.15, 0.2) is 0 Å². The van der Waals surface area contributed by atoms with Gasteiger partial charge in [0.05, 0.1) is 23.8 Å². The molecule has 0 fully saturated rings. The molecule has 0 aliphatic heterocycles. The number of benzene rings is 2. The van der Waals surface area contributed by atoms with Crippen LogP contribution in [0.2, 0.25) is 0 Å². The maximum atomic E-state index is 13.2. The second-order valence-electron chi connectivity index (χ2n) is 5.48. The fraction of sp³-hybridized carbons (Fsp3) is 0.0526. The quantitative estimate of drug-likeness (QED) is 0.751. The van der Waals surface area contributed by atoms with Crippen molar-refractivity contribution in [3.63, 3.8) is 0 Å². The molecule has 2 amide bonds. The number of nitrogens with one attached hydrogen (secondary N) is 1. The Morgan fingerprint density at radius 3 is 2.76 bits per heavy atom. The number of halogens is 1. The van der Waals surface area contributed by atoms with Crippen molar-refractivity contribution in [2.24, 2.45) is 5.73 Å². The highest BCUT2D eigenvalue weighted by atomic mass is 19.1. The number of anilines is 1. The molecule has 2 aromatic carbocycles. The summed E-state index contributed by atoms with van der Waals surface area (Å²) in [5.74, 6) is -1.64. The Hall–Kier alpha value is -3.28. The molecule has 3 N–H and O–H groups in total. The predicted octanol–water partition coefficient (Wildman–Crippen LogP) is 2.86. The zero-order chi connectivity index (χ0) is 17.8. The number of fused-ring (bicyclic) bond motifs is 1. The zero-order valence-corrected chi connectivity index (χ0v) is 13.2. The number of carbonyl (C=O) groups is 2. The van der Waals surface area contributed by atoms with Crippen LogP contribution < -0.4 is 11.1 Å². The molecule has 25 heavy (non-hydrogen) atoms. The highest BCUT2D eigenvalue weighted by Gasteiger charge is 2.12. The highest BCUT2D eigenvalue weighted by molar-refractivity contribution is 5.99. The first-order chi connectivity index (χ1) is 12.0. The number of aromatic nitrogens is 1. The maximum Gasteiger partial charge on any atom is 0.249 e. The first-order valence-electron chi connectivity index (χ1n) is 7.60. The number of nitrogens with two attached hydrogens (primary N) is 1. The first kappa shape index (κ1) is 16.6. The van der Waals surface area contributed by atoms with Gasteiger partial charge in [0.2, 0.25) is 11.8 Å². The average molecular weight is 336 g/mol. The minimum absolute atomic E-state index is 0.0661. The van der Waals surface area contributed by atoms with E-state index < -0.39 is 11.7 Å². The van der Waals surface area contributed by atoms with Gasteiger partial charge in [-0.1, -0.05) is 24.3 Å². The summed E-state index contributed by atoms with van der Waals surface area (Å²) in [6.07, 6.45) is 3.10. The summed E-state index contributed by atoms with van der Waals surface area (Å²) in [5, 5.41) is 3.63. The molecule has 0 bridgehead atoms. The van der Waals surface area contributed by atoms with Gasteiger partial charge in [-0.3, -0.25) is 14.6 Å². The molecule has 6 heteroatoms.